The molecule has 0 unspecified atom stereocenters. The highest BCUT2D eigenvalue weighted by Gasteiger charge is 2.12. The number of hydrogen-bond donors (Lipinski definition) is 2. The van der Waals surface area contributed by atoms with Crippen LogP contribution in [0.2, 0.25) is 0 Å². The van der Waals surface area contributed by atoms with Gasteiger partial charge in [-0.3, -0.25) is 4.79 Å². The minimum atomic E-state index is -2.98. The van der Waals surface area contributed by atoms with E-state index in [0.717, 1.165) is 5.56 Å². The molecule has 2 N–H and O–H groups in total. The quantitative estimate of drug-likeness (QED) is 0.753. The fourth-order valence-electron chi connectivity index (χ4n) is 2.16. The van der Waals surface area contributed by atoms with Crippen LogP contribution in [0, 0.1) is 11.3 Å². The zero-order chi connectivity index (χ0) is 18.9. The van der Waals surface area contributed by atoms with Crippen LogP contribution in [0.25, 0.3) is 0 Å². The van der Waals surface area contributed by atoms with Crippen molar-refractivity contribution in [2.45, 2.75) is 13.0 Å². The molecule has 0 heterocycles. The SMILES string of the molecule is COc1ccc(NCC(=O)Nc2ccc(CC#N)cc2)cc1OC(F)F. The molecule has 0 bridgehead atoms. The molecule has 0 aliphatic heterocycles. The van der Waals surface area contributed by atoms with E-state index >= 15 is 0 Å². The Bertz CT molecular complexity index is 789. The zero-order valence-corrected chi connectivity index (χ0v) is 14.0. The molecule has 2 rings (SSSR count). The highest BCUT2D eigenvalue weighted by molar-refractivity contribution is 5.93. The maximum atomic E-state index is 12.4. The summed E-state index contributed by atoms with van der Waals surface area (Å²) in [6.07, 6.45) is 0.302. The maximum Gasteiger partial charge on any atom is 0.387 e. The van der Waals surface area contributed by atoms with Gasteiger partial charge in [0, 0.05) is 17.4 Å². The van der Waals surface area contributed by atoms with E-state index in [1.54, 1.807) is 30.3 Å². The van der Waals surface area contributed by atoms with E-state index in [1.165, 1.54) is 19.2 Å². The molecule has 1 amide bonds. The van der Waals surface area contributed by atoms with E-state index in [2.05, 4.69) is 15.4 Å². The third-order valence-electron chi connectivity index (χ3n) is 3.35. The van der Waals surface area contributed by atoms with Crippen molar-refractivity contribution in [1.82, 2.24) is 0 Å². The average molecular weight is 361 g/mol. The number of rotatable bonds is 8. The monoisotopic (exact) mass is 361 g/mol. The van der Waals surface area contributed by atoms with E-state index in [0.29, 0.717) is 17.8 Å². The van der Waals surface area contributed by atoms with Crippen LogP contribution in [0.5, 0.6) is 11.5 Å². The summed E-state index contributed by atoms with van der Waals surface area (Å²) < 4.78 is 34.2. The fraction of sp³-hybridized carbons (Fsp3) is 0.222. The summed E-state index contributed by atoms with van der Waals surface area (Å²) in [5.41, 5.74) is 1.88. The molecule has 2 aromatic carbocycles. The van der Waals surface area contributed by atoms with Crippen LogP contribution in [-0.2, 0) is 11.2 Å². The lowest BCUT2D eigenvalue weighted by Crippen LogP contribution is -2.21. The van der Waals surface area contributed by atoms with Crippen molar-refractivity contribution in [3.8, 4) is 17.6 Å². The lowest BCUT2D eigenvalue weighted by atomic mass is 10.1. The number of anilines is 2. The van der Waals surface area contributed by atoms with Gasteiger partial charge in [0.25, 0.3) is 0 Å². The van der Waals surface area contributed by atoms with E-state index in [9.17, 15) is 13.6 Å². The Hall–Kier alpha value is -3.34. The normalized spacial score (nSPS) is 10.1. The first-order valence-corrected chi connectivity index (χ1v) is 7.64. The average Bonchev–Trinajstić information content (AvgIpc) is 2.61. The number of nitrogens with zero attached hydrogens (tertiary/aromatic N) is 1. The molecule has 0 aliphatic rings. The summed E-state index contributed by atoms with van der Waals surface area (Å²) in [4.78, 5) is 12.0. The van der Waals surface area contributed by atoms with Gasteiger partial charge in [0.15, 0.2) is 11.5 Å². The highest BCUT2D eigenvalue weighted by atomic mass is 19.3. The van der Waals surface area contributed by atoms with Gasteiger partial charge in [-0.15, -0.1) is 0 Å². The number of benzene rings is 2. The van der Waals surface area contributed by atoms with Crippen molar-refractivity contribution in [2.24, 2.45) is 0 Å². The molecule has 0 aliphatic carbocycles. The number of carbonyl (C=O) groups is 1. The van der Waals surface area contributed by atoms with E-state index in [4.69, 9.17) is 10.00 Å². The second kappa shape index (κ2) is 9.22. The Morgan fingerprint density at radius 1 is 1.15 bits per heavy atom. The number of methoxy groups -OCH3 is 1. The Balaban J connectivity index is 1.93. The summed E-state index contributed by atoms with van der Waals surface area (Å²) in [6.45, 7) is -3.05. The number of nitrogens with one attached hydrogen (secondary N) is 2. The van der Waals surface area contributed by atoms with Gasteiger partial charge in [-0.1, -0.05) is 12.1 Å². The summed E-state index contributed by atoms with van der Waals surface area (Å²) in [5.74, 6) is -0.274. The number of hydrogen-bond acceptors (Lipinski definition) is 5. The molecule has 0 saturated carbocycles. The van der Waals surface area contributed by atoms with Crippen molar-refractivity contribution < 1.29 is 23.0 Å². The van der Waals surface area contributed by atoms with Crippen LogP contribution >= 0.6 is 0 Å². The minimum absolute atomic E-state index is 0.0691. The van der Waals surface area contributed by atoms with Crippen molar-refractivity contribution >= 4 is 17.3 Å². The minimum Gasteiger partial charge on any atom is -0.493 e. The summed E-state index contributed by atoms with van der Waals surface area (Å²) in [5, 5.41) is 14.1. The Morgan fingerprint density at radius 3 is 2.46 bits per heavy atom. The lowest BCUT2D eigenvalue weighted by molar-refractivity contribution is -0.114. The molecular formula is C18H17F2N3O3. The third kappa shape index (κ3) is 5.63. The Labute approximate surface area is 149 Å². The number of alkyl halides is 2. The van der Waals surface area contributed by atoms with Gasteiger partial charge in [-0.05, 0) is 29.8 Å². The number of ether oxygens (including phenoxy) is 2. The van der Waals surface area contributed by atoms with Crippen molar-refractivity contribution in [1.29, 1.82) is 5.26 Å². The second-order valence-corrected chi connectivity index (χ2v) is 5.18. The van der Waals surface area contributed by atoms with Crippen LogP contribution < -0.4 is 20.1 Å². The maximum absolute atomic E-state index is 12.4. The van der Waals surface area contributed by atoms with Crippen LogP contribution in [-0.4, -0.2) is 26.2 Å². The first kappa shape index (κ1) is 19.0. The van der Waals surface area contributed by atoms with Crippen LogP contribution in [0.3, 0.4) is 0 Å². The van der Waals surface area contributed by atoms with Crippen molar-refractivity contribution in [3.05, 3.63) is 48.0 Å². The van der Waals surface area contributed by atoms with Gasteiger partial charge in [0.1, 0.15) is 0 Å². The van der Waals surface area contributed by atoms with Gasteiger partial charge in [-0.25, -0.2) is 0 Å². The van der Waals surface area contributed by atoms with Gasteiger partial charge >= 0.3 is 6.61 Å². The number of halogens is 2. The topological polar surface area (TPSA) is 83.4 Å². The molecule has 2 aromatic rings. The van der Waals surface area contributed by atoms with Crippen molar-refractivity contribution in [3.63, 3.8) is 0 Å². The molecule has 8 heteroatoms. The molecule has 136 valence electrons. The molecule has 26 heavy (non-hydrogen) atoms. The zero-order valence-electron chi connectivity index (χ0n) is 14.0. The van der Waals surface area contributed by atoms with Crippen LogP contribution in [0.1, 0.15) is 5.56 Å². The molecule has 0 aromatic heterocycles. The second-order valence-electron chi connectivity index (χ2n) is 5.18. The number of nitriles is 1. The van der Waals surface area contributed by atoms with Gasteiger partial charge in [-0.2, -0.15) is 14.0 Å². The predicted octanol–water partition coefficient (Wildman–Crippen LogP) is 3.41. The van der Waals surface area contributed by atoms with E-state index in [-0.39, 0.29) is 24.0 Å². The molecular weight excluding hydrogens is 344 g/mol. The molecule has 6 nitrogen and oxygen atoms in total. The summed E-state index contributed by atoms with van der Waals surface area (Å²) in [7, 11) is 1.34. The Morgan fingerprint density at radius 2 is 1.85 bits per heavy atom. The fourth-order valence-corrected chi connectivity index (χ4v) is 2.16. The third-order valence-corrected chi connectivity index (χ3v) is 3.35. The predicted molar refractivity (Wildman–Crippen MR) is 92.5 cm³/mol. The first-order chi connectivity index (χ1) is 12.5. The highest BCUT2D eigenvalue weighted by Crippen LogP contribution is 2.31. The molecule has 0 saturated heterocycles. The first-order valence-electron chi connectivity index (χ1n) is 7.64. The van der Waals surface area contributed by atoms with Gasteiger partial charge < -0.3 is 20.1 Å². The standard InChI is InChI=1S/C18H17F2N3O3/c1-25-15-7-6-14(10-16(15)26-18(19)20)22-11-17(24)23-13-4-2-12(3-5-13)8-9-21/h2-7,10,18,22H,8,11H2,1H3,(H,23,24). The molecule has 0 radical (unpaired) electrons. The molecule has 0 spiro atoms. The molecule has 0 fully saturated rings. The lowest BCUT2D eigenvalue weighted by Gasteiger charge is -2.13. The molecule has 0 atom stereocenters. The summed E-state index contributed by atoms with van der Waals surface area (Å²) >= 11 is 0. The summed E-state index contributed by atoms with van der Waals surface area (Å²) in [6, 6.07) is 13.3. The number of carbonyl (C=O) groups excluding carboxylic acids is 1. The largest absolute Gasteiger partial charge is 0.493 e. The van der Waals surface area contributed by atoms with Gasteiger partial charge in [0.2, 0.25) is 5.91 Å². The van der Waals surface area contributed by atoms with Crippen LogP contribution in [0.15, 0.2) is 42.5 Å². The number of amides is 1. The van der Waals surface area contributed by atoms with E-state index < -0.39 is 6.61 Å². The van der Waals surface area contributed by atoms with Gasteiger partial charge in [0.05, 0.1) is 26.1 Å². The van der Waals surface area contributed by atoms with Crippen LogP contribution in [0.4, 0.5) is 20.2 Å². The van der Waals surface area contributed by atoms with Crippen molar-refractivity contribution in [2.75, 3.05) is 24.3 Å². The smallest absolute Gasteiger partial charge is 0.387 e. The Kier molecular flexibility index (Phi) is 6.74. The van der Waals surface area contributed by atoms with E-state index in [1.807, 2.05) is 6.07 Å².